The van der Waals surface area contributed by atoms with E-state index in [4.69, 9.17) is 5.73 Å². The minimum Gasteiger partial charge on any atom is -0.399 e. The third kappa shape index (κ3) is 2.51. The van der Waals surface area contributed by atoms with Crippen molar-refractivity contribution < 1.29 is 4.79 Å². The molecule has 0 aliphatic rings. The zero-order valence-electron chi connectivity index (χ0n) is 8.08. The fourth-order valence-electron chi connectivity index (χ4n) is 1.17. The van der Waals surface area contributed by atoms with Crippen molar-refractivity contribution in [1.82, 2.24) is 0 Å². The van der Waals surface area contributed by atoms with Crippen molar-refractivity contribution in [3.05, 3.63) is 23.8 Å². The van der Waals surface area contributed by atoms with Crippen molar-refractivity contribution in [3.8, 4) is 0 Å². The number of hydrogen-bond donors (Lipinski definition) is 1. The number of hydrogen-bond acceptors (Lipinski definition) is 3. The van der Waals surface area contributed by atoms with Crippen molar-refractivity contribution in [2.75, 3.05) is 12.0 Å². The van der Waals surface area contributed by atoms with E-state index in [2.05, 4.69) is 15.9 Å². The van der Waals surface area contributed by atoms with E-state index in [9.17, 15) is 4.79 Å². The summed E-state index contributed by atoms with van der Waals surface area (Å²) in [6.45, 7) is 1.56. The lowest BCUT2D eigenvalue weighted by molar-refractivity contribution is -0.116. The molecular weight excluding hydrogens is 262 g/mol. The largest absolute Gasteiger partial charge is 0.399 e. The number of alkyl halides is 1. The molecule has 0 saturated carbocycles. The van der Waals surface area contributed by atoms with Crippen molar-refractivity contribution in [1.29, 1.82) is 0 Å². The van der Waals surface area contributed by atoms with Crippen molar-refractivity contribution >= 4 is 39.2 Å². The lowest BCUT2D eigenvalue weighted by atomic mass is 10.1. The highest BCUT2D eigenvalue weighted by Crippen LogP contribution is 2.33. The molecule has 0 saturated heterocycles. The van der Waals surface area contributed by atoms with Gasteiger partial charge >= 0.3 is 0 Å². The summed E-state index contributed by atoms with van der Waals surface area (Å²) in [7, 11) is 0. The normalized spacial score (nSPS) is 12.5. The molecule has 0 amide bonds. The number of carbonyl (C=O) groups is 1. The van der Waals surface area contributed by atoms with E-state index in [1.54, 1.807) is 18.7 Å². The molecule has 0 aliphatic heterocycles. The summed E-state index contributed by atoms with van der Waals surface area (Å²) in [5.41, 5.74) is 7.31. The highest BCUT2D eigenvalue weighted by Gasteiger charge is 2.16. The van der Waals surface area contributed by atoms with Crippen LogP contribution in [-0.4, -0.2) is 12.0 Å². The maximum absolute atomic E-state index is 11.2. The van der Waals surface area contributed by atoms with Gasteiger partial charge in [0.1, 0.15) is 5.78 Å². The van der Waals surface area contributed by atoms with Crippen molar-refractivity contribution in [3.63, 3.8) is 0 Å². The van der Waals surface area contributed by atoms with Gasteiger partial charge in [-0.15, -0.1) is 11.8 Å². The SMILES string of the molecule is CSc1ccc(N)cc1C(Br)C(C)=O. The standard InChI is InChI=1S/C10H12BrNOS/c1-6(13)10(11)8-5-7(12)3-4-9(8)14-2/h3-5,10H,12H2,1-2H3. The molecule has 0 bridgehead atoms. The summed E-state index contributed by atoms with van der Waals surface area (Å²) in [6, 6.07) is 5.62. The Balaban J connectivity index is 3.16. The minimum absolute atomic E-state index is 0.0888. The second-order valence-corrected chi connectivity index (χ2v) is 4.74. The number of nitrogens with two attached hydrogens (primary N) is 1. The van der Waals surface area contributed by atoms with Gasteiger partial charge in [-0.05, 0) is 36.9 Å². The molecule has 76 valence electrons. The first kappa shape index (κ1) is 11.6. The Labute approximate surface area is 96.4 Å². The quantitative estimate of drug-likeness (QED) is 0.523. The maximum Gasteiger partial charge on any atom is 0.147 e. The molecule has 1 aromatic carbocycles. The van der Waals surface area contributed by atoms with Gasteiger partial charge in [0.2, 0.25) is 0 Å². The summed E-state index contributed by atoms with van der Waals surface area (Å²) in [5.74, 6) is 0.0888. The molecule has 2 N–H and O–H groups in total. The second-order valence-electron chi connectivity index (χ2n) is 2.97. The second kappa shape index (κ2) is 4.84. The molecule has 0 fully saturated rings. The van der Waals surface area contributed by atoms with Crippen LogP contribution in [0, 0.1) is 0 Å². The van der Waals surface area contributed by atoms with Crippen LogP contribution in [0.25, 0.3) is 0 Å². The number of anilines is 1. The predicted octanol–water partition coefficient (Wildman–Crippen LogP) is 3.02. The molecule has 1 aromatic rings. The Morgan fingerprint density at radius 1 is 1.57 bits per heavy atom. The third-order valence-electron chi connectivity index (χ3n) is 1.88. The molecule has 1 atom stereocenters. The summed E-state index contributed by atoms with van der Waals surface area (Å²) in [5, 5.41) is 0. The van der Waals surface area contributed by atoms with Crippen LogP contribution in [0.15, 0.2) is 23.1 Å². The number of halogens is 1. The molecule has 0 spiro atoms. The van der Waals surface area contributed by atoms with Crippen molar-refractivity contribution in [2.45, 2.75) is 16.6 Å². The molecule has 1 unspecified atom stereocenters. The molecular formula is C10H12BrNOS. The molecule has 0 heterocycles. The Morgan fingerprint density at radius 3 is 2.71 bits per heavy atom. The van der Waals surface area contributed by atoms with E-state index in [-0.39, 0.29) is 10.6 Å². The smallest absolute Gasteiger partial charge is 0.147 e. The average Bonchev–Trinajstić information content (AvgIpc) is 2.16. The van der Waals surface area contributed by atoms with Gasteiger partial charge in [-0.25, -0.2) is 0 Å². The predicted molar refractivity (Wildman–Crippen MR) is 65.0 cm³/mol. The van der Waals surface area contributed by atoms with E-state index in [0.29, 0.717) is 5.69 Å². The van der Waals surface area contributed by atoms with Crippen LogP contribution in [0.1, 0.15) is 17.3 Å². The number of benzene rings is 1. The molecule has 1 rings (SSSR count). The van der Waals surface area contributed by atoms with E-state index >= 15 is 0 Å². The Kier molecular flexibility index (Phi) is 4.01. The Bertz CT molecular complexity index is 354. The topological polar surface area (TPSA) is 43.1 Å². The number of carbonyl (C=O) groups excluding carboxylic acids is 1. The van der Waals surface area contributed by atoms with Gasteiger partial charge in [-0.3, -0.25) is 4.79 Å². The molecule has 0 radical (unpaired) electrons. The number of thioether (sulfide) groups is 1. The van der Waals surface area contributed by atoms with Gasteiger partial charge in [-0.2, -0.15) is 0 Å². The highest BCUT2D eigenvalue weighted by atomic mass is 79.9. The van der Waals surface area contributed by atoms with Gasteiger partial charge in [-0.1, -0.05) is 15.9 Å². The van der Waals surface area contributed by atoms with Crippen LogP contribution >= 0.6 is 27.7 Å². The minimum atomic E-state index is -0.256. The summed E-state index contributed by atoms with van der Waals surface area (Å²) >= 11 is 4.97. The summed E-state index contributed by atoms with van der Waals surface area (Å²) < 4.78 is 0. The molecule has 2 nitrogen and oxygen atoms in total. The van der Waals surface area contributed by atoms with Gasteiger partial charge in [0.25, 0.3) is 0 Å². The zero-order chi connectivity index (χ0) is 10.7. The number of ketones is 1. The highest BCUT2D eigenvalue weighted by molar-refractivity contribution is 9.09. The van der Waals surface area contributed by atoms with E-state index in [1.807, 2.05) is 24.5 Å². The Morgan fingerprint density at radius 2 is 2.21 bits per heavy atom. The van der Waals surface area contributed by atoms with Crippen LogP contribution in [0.3, 0.4) is 0 Å². The summed E-state index contributed by atoms with van der Waals surface area (Å²) in [4.78, 5) is 12.1. The average molecular weight is 274 g/mol. The molecule has 0 aromatic heterocycles. The van der Waals surface area contributed by atoms with Crippen LogP contribution in [0.5, 0.6) is 0 Å². The van der Waals surface area contributed by atoms with Crippen molar-refractivity contribution in [2.24, 2.45) is 0 Å². The first-order chi connectivity index (χ1) is 6.56. The van der Waals surface area contributed by atoms with Crippen LogP contribution < -0.4 is 5.73 Å². The molecule has 4 heteroatoms. The van der Waals surface area contributed by atoms with E-state index in [0.717, 1.165) is 10.5 Å². The van der Waals surface area contributed by atoms with Gasteiger partial charge < -0.3 is 5.73 Å². The van der Waals surface area contributed by atoms with Gasteiger partial charge in [0.05, 0.1) is 4.83 Å². The fourth-order valence-corrected chi connectivity index (χ4v) is 2.32. The number of rotatable bonds is 3. The van der Waals surface area contributed by atoms with Gasteiger partial charge in [0, 0.05) is 10.6 Å². The van der Waals surface area contributed by atoms with Crippen LogP contribution in [0.2, 0.25) is 0 Å². The van der Waals surface area contributed by atoms with Crippen LogP contribution in [-0.2, 0) is 4.79 Å². The number of nitrogen functional groups attached to an aromatic ring is 1. The fraction of sp³-hybridized carbons (Fsp3) is 0.300. The lowest BCUT2D eigenvalue weighted by Crippen LogP contribution is -2.03. The number of Topliss-reactive ketones (excluding diaryl/α,β-unsaturated/α-hetero) is 1. The first-order valence-corrected chi connectivity index (χ1v) is 6.28. The molecule has 0 aliphatic carbocycles. The third-order valence-corrected chi connectivity index (χ3v) is 3.83. The molecule has 14 heavy (non-hydrogen) atoms. The van der Waals surface area contributed by atoms with Crippen LogP contribution in [0.4, 0.5) is 5.69 Å². The maximum atomic E-state index is 11.2. The zero-order valence-corrected chi connectivity index (χ0v) is 10.5. The lowest BCUT2D eigenvalue weighted by Gasteiger charge is -2.11. The summed E-state index contributed by atoms with van der Waals surface area (Å²) in [6.07, 6.45) is 1.98. The van der Waals surface area contributed by atoms with E-state index in [1.165, 1.54) is 0 Å². The van der Waals surface area contributed by atoms with Gasteiger partial charge in [0.15, 0.2) is 0 Å². The first-order valence-electron chi connectivity index (χ1n) is 4.14. The van der Waals surface area contributed by atoms with E-state index < -0.39 is 0 Å². The Hall–Kier alpha value is -0.480. The monoisotopic (exact) mass is 273 g/mol.